The Morgan fingerprint density at radius 2 is 2.00 bits per heavy atom. The fourth-order valence-electron chi connectivity index (χ4n) is 2.15. The van der Waals surface area contributed by atoms with E-state index in [0.29, 0.717) is 0 Å². The van der Waals surface area contributed by atoms with Gasteiger partial charge in [-0.15, -0.1) is 0 Å². The number of hydrogen-bond donors (Lipinski definition) is 3. The van der Waals surface area contributed by atoms with Crippen LogP contribution in [0.25, 0.3) is 11.0 Å². The van der Waals surface area contributed by atoms with E-state index in [-0.39, 0.29) is 0 Å². The van der Waals surface area contributed by atoms with Crippen molar-refractivity contribution < 1.29 is 0 Å². The first-order valence-electron chi connectivity index (χ1n) is 6.26. The van der Waals surface area contributed by atoms with E-state index in [2.05, 4.69) is 27.4 Å². The van der Waals surface area contributed by atoms with E-state index in [1.54, 1.807) is 0 Å². The quantitative estimate of drug-likeness (QED) is 0.627. The third-order valence-corrected chi connectivity index (χ3v) is 3.10. The highest BCUT2D eigenvalue weighted by Gasteiger charge is 2.05. The minimum absolute atomic E-state index is 0.729. The zero-order valence-corrected chi connectivity index (χ0v) is 10.8. The second kappa shape index (κ2) is 4.65. The van der Waals surface area contributed by atoms with Crippen LogP contribution >= 0.6 is 0 Å². The number of imidazole rings is 1. The Bertz CT molecular complexity index is 701. The molecule has 0 saturated carbocycles. The van der Waals surface area contributed by atoms with Crippen molar-refractivity contribution in [3.63, 3.8) is 0 Å². The number of nitrogen functional groups attached to an aromatic ring is 1. The maximum atomic E-state index is 6.05. The molecule has 4 N–H and O–H groups in total. The topological polar surface area (TPSA) is 66.7 Å². The lowest BCUT2D eigenvalue weighted by molar-refractivity contribution is 1.15. The lowest BCUT2D eigenvalue weighted by Gasteiger charge is -2.09. The van der Waals surface area contributed by atoms with E-state index in [1.165, 1.54) is 5.56 Å². The summed E-state index contributed by atoms with van der Waals surface area (Å²) in [4.78, 5) is 7.60. The fraction of sp³-hybridized carbons (Fsp3) is 0.133. The molecule has 96 valence electrons. The number of aromatic amines is 1. The Labute approximate surface area is 111 Å². The van der Waals surface area contributed by atoms with Gasteiger partial charge >= 0.3 is 0 Å². The maximum absolute atomic E-state index is 6.05. The van der Waals surface area contributed by atoms with Crippen molar-refractivity contribution in [2.45, 2.75) is 13.5 Å². The van der Waals surface area contributed by atoms with Gasteiger partial charge in [-0.3, -0.25) is 0 Å². The van der Waals surface area contributed by atoms with Gasteiger partial charge in [-0.25, -0.2) is 4.98 Å². The summed E-state index contributed by atoms with van der Waals surface area (Å²) in [6.45, 7) is 2.69. The van der Waals surface area contributed by atoms with Crippen LogP contribution in [-0.2, 0) is 6.54 Å². The highest BCUT2D eigenvalue weighted by atomic mass is 14.9. The molecule has 0 radical (unpaired) electrons. The Morgan fingerprint density at radius 3 is 2.79 bits per heavy atom. The van der Waals surface area contributed by atoms with Gasteiger partial charge in [-0.2, -0.15) is 0 Å². The van der Waals surface area contributed by atoms with Gasteiger partial charge in [-0.1, -0.05) is 30.3 Å². The number of nitrogens with two attached hydrogens (primary N) is 1. The Kier molecular flexibility index (Phi) is 2.83. The van der Waals surface area contributed by atoms with Crippen LogP contribution in [0, 0.1) is 6.92 Å². The molecule has 4 nitrogen and oxygen atoms in total. The molecular weight excluding hydrogens is 236 g/mol. The molecule has 0 unspecified atom stereocenters. The summed E-state index contributed by atoms with van der Waals surface area (Å²) >= 11 is 0. The number of nitrogens with zero attached hydrogens (tertiary/aromatic N) is 1. The molecule has 0 fully saturated rings. The fourth-order valence-corrected chi connectivity index (χ4v) is 2.15. The molecular formula is C15H16N4. The summed E-state index contributed by atoms with van der Waals surface area (Å²) in [5.74, 6) is 0.898. The van der Waals surface area contributed by atoms with Gasteiger partial charge in [0.1, 0.15) is 5.82 Å². The van der Waals surface area contributed by atoms with Crippen LogP contribution in [-0.4, -0.2) is 9.97 Å². The van der Waals surface area contributed by atoms with Gasteiger partial charge in [0.2, 0.25) is 0 Å². The van der Waals surface area contributed by atoms with Crippen molar-refractivity contribution in [1.29, 1.82) is 0 Å². The molecule has 0 spiro atoms. The summed E-state index contributed by atoms with van der Waals surface area (Å²) in [5.41, 5.74) is 10.8. The number of H-pyrrole nitrogens is 1. The molecule has 0 atom stereocenters. The van der Waals surface area contributed by atoms with Crippen molar-refractivity contribution in [3.05, 3.63) is 53.9 Å². The molecule has 2 aromatic carbocycles. The van der Waals surface area contributed by atoms with Gasteiger partial charge in [0, 0.05) is 6.54 Å². The van der Waals surface area contributed by atoms with Crippen LogP contribution < -0.4 is 11.1 Å². The predicted octanol–water partition coefficient (Wildman–Crippen LogP) is 3.07. The van der Waals surface area contributed by atoms with Crippen LogP contribution in [0.3, 0.4) is 0 Å². The van der Waals surface area contributed by atoms with E-state index in [9.17, 15) is 0 Å². The average Bonchev–Trinajstić information content (AvgIpc) is 2.76. The Hall–Kier alpha value is -2.49. The number of anilines is 2. The summed E-state index contributed by atoms with van der Waals surface area (Å²) in [7, 11) is 0. The molecule has 19 heavy (non-hydrogen) atoms. The van der Waals surface area contributed by atoms with Gasteiger partial charge in [0.15, 0.2) is 0 Å². The second-order valence-electron chi connectivity index (χ2n) is 4.62. The van der Waals surface area contributed by atoms with Gasteiger partial charge in [0.05, 0.1) is 22.4 Å². The van der Waals surface area contributed by atoms with Crippen LogP contribution in [0.2, 0.25) is 0 Å². The minimum atomic E-state index is 0.729. The second-order valence-corrected chi connectivity index (χ2v) is 4.62. The highest BCUT2D eigenvalue weighted by Crippen LogP contribution is 2.25. The van der Waals surface area contributed by atoms with E-state index in [0.717, 1.165) is 34.8 Å². The molecule has 0 bridgehead atoms. The number of benzene rings is 2. The lowest BCUT2D eigenvalue weighted by atomic mass is 10.2. The van der Waals surface area contributed by atoms with Crippen molar-refractivity contribution in [1.82, 2.24) is 9.97 Å². The van der Waals surface area contributed by atoms with Crippen LogP contribution in [0.4, 0.5) is 11.4 Å². The predicted molar refractivity (Wildman–Crippen MR) is 79.0 cm³/mol. The molecule has 0 aliphatic carbocycles. The van der Waals surface area contributed by atoms with Crippen molar-refractivity contribution >= 4 is 22.4 Å². The molecule has 0 aliphatic heterocycles. The van der Waals surface area contributed by atoms with Gasteiger partial charge in [0.25, 0.3) is 0 Å². The standard InChI is InChI=1S/C15H16N4/c1-10-18-14-7-12(16)13(8-15(14)19-10)17-9-11-5-3-2-4-6-11/h2-8,17H,9,16H2,1H3,(H,18,19). The Morgan fingerprint density at radius 1 is 1.21 bits per heavy atom. The molecule has 3 aromatic rings. The molecule has 4 heteroatoms. The first-order chi connectivity index (χ1) is 9.22. The van der Waals surface area contributed by atoms with E-state index < -0.39 is 0 Å². The third-order valence-electron chi connectivity index (χ3n) is 3.10. The zero-order chi connectivity index (χ0) is 13.2. The van der Waals surface area contributed by atoms with Crippen LogP contribution in [0.1, 0.15) is 11.4 Å². The molecule has 0 saturated heterocycles. The highest BCUT2D eigenvalue weighted by molar-refractivity contribution is 5.86. The van der Waals surface area contributed by atoms with E-state index in [1.807, 2.05) is 37.3 Å². The van der Waals surface area contributed by atoms with Crippen molar-refractivity contribution in [2.75, 3.05) is 11.1 Å². The number of fused-ring (bicyclic) bond motifs is 1. The average molecular weight is 252 g/mol. The number of aromatic nitrogens is 2. The summed E-state index contributed by atoms with van der Waals surface area (Å²) in [6, 6.07) is 14.1. The van der Waals surface area contributed by atoms with E-state index in [4.69, 9.17) is 5.73 Å². The molecule has 1 aromatic heterocycles. The van der Waals surface area contributed by atoms with Crippen LogP contribution in [0.15, 0.2) is 42.5 Å². The summed E-state index contributed by atoms with van der Waals surface area (Å²) in [5, 5.41) is 3.35. The monoisotopic (exact) mass is 252 g/mol. The number of aryl methyl sites for hydroxylation is 1. The SMILES string of the molecule is Cc1nc2cc(NCc3ccccc3)c(N)cc2[nH]1. The first kappa shape index (κ1) is 11.6. The Balaban J connectivity index is 1.86. The van der Waals surface area contributed by atoms with Crippen molar-refractivity contribution in [3.8, 4) is 0 Å². The number of rotatable bonds is 3. The number of hydrogen-bond acceptors (Lipinski definition) is 3. The third kappa shape index (κ3) is 2.38. The molecule has 0 aliphatic rings. The van der Waals surface area contributed by atoms with Gasteiger partial charge in [-0.05, 0) is 24.6 Å². The molecule has 0 amide bonds. The summed E-state index contributed by atoms with van der Waals surface area (Å²) < 4.78 is 0. The minimum Gasteiger partial charge on any atom is -0.397 e. The van der Waals surface area contributed by atoms with E-state index >= 15 is 0 Å². The maximum Gasteiger partial charge on any atom is 0.104 e. The largest absolute Gasteiger partial charge is 0.397 e. The van der Waals surface area contributed by atoms with Crippen molar-refractivity contribution in [2.24, 2.45) is 0 Å². The normalized spacial score (nSPS) is 10.8. The lowest BCUT2D eigenvalue weighted by Crippen LogP contribution is -2.02. The van der Waals surface area contributed by atoms with Gasteiger partial charge < -0.3 is 16.0 Å². The number of nitrogens with one attached hydrogen (secondary N) is 2. The smallest absolute Gasteiger partial charge is 0.104 e. The zero-order valence-electron chi connectivity index (χ0n) is 10.8. The summed E-state index contributed by atoms with van der Waals surface area (Å²) in [6.07, 6.45) is 0. The van der Waals surface area contributed by atoms with Crippen LogP contribution in [0.5, 0.6) is 0 Å². The molecule has 3 rings (SSSR count). The first-order valence-corrected chi connectivity index (χ1v) is 6.26. The molecule has 1 heterocycles.